The second kappa shape index (κ2) is 6.44. The summed E-state index contributed by atoms with van der Waals surface area (Å²) in [7, 11) is 1.62. The van der Waals surface area contributed by atoms with Crippen molar-refractivity contribution in [1.82, 2.24) is 4.67 Å². The van der Waals surface area contributed by atoms with Crippen LogP contribution in [-0.2, 0) is 9.09 Å². The average Bonchev–Trinajstić information content (AvgIpc) is 2.14. The van der Waals surface area contributed by atoms with Crippen molar-refractivity contribution in [3.05, 3.63) is 0 Å². The van der Waals surface area contributed by atoms with E-state index < -0.39 is 6.72 Å². The van der Waals surface area contributed by atoms with E-state index in [1.165, 1.54) is 10.2 Å². The van der Waals surface area contributed by atoms with E-state index in [1.807, 2.05) is 0 Å². The van der Waals surface area contributed by atoms with Crippen LogP contribution in [0.15, 0.2) is 0 Å². The Balaban J connectivity index is 4.44. The zero-order valence-electron chi connectivity index (χ0n) is 7.60. The molecule has 0 aliphatic heterocycles. The Morgan fingerprint density at radius 2 is 2.46 bits per heavy atom. The molecule has 0 rings (SSSR count). The number of nitrogens with zero attached hydrogens (tertiary/aromatic N) is 1. The fourth-order valence-electron chi connectivity index (χ4n) is 0.559. The third-order valence-corrected chi connectivity index (χ3v) is 6.16. The van der Waals surface area contributed by atoms with Crippen LogP contribution in [0.4, 0.5) is 0 Å². The summed E-state index contributed by atoms with van der Waals surface area (Å²) in [5.41, 5.74) is 1.31. The van der Waals surface area contributed by atoms with E-state index in [0.29, 0.717) is 12.4 Å². The maximum atomic E-state index is 12.0. The average molecular weight is 237 g/mol. The molecule has 0 aliphatic rings. The van der Waals surface area contributed by atoms with Crippen molar-refractivity contribution in [2.75, 3.05) is 19.4 Å². The summed E-state index contributed by atoms with van der Waals surface area (Å²) < 4.78 is 18.5. The van der Waals surface area contributed by atoms with Gasteiger partial charge in [-0.25, -0.2) is 0 Å². The predicted octanol–water partition coefficient (Wildman–Crippen LogP) is 2.39. The van der Waals surface area contributed by atoms with Gasteiger partial charge in [-0.2, -0.15) is 0 Å². The highest BCUT2D eigenvalue weighted by Crippen LogP contribution is 2.60. The molecule has 0 radical (unpaired) electrons. The molecule has 0 saturated carbocycles. The van der Waals surface area contributed by atoms with Gasteiger partial charge in [0.15, 0.2) is 0 Å². The molecule has 0 aromatic carbocycles. The van der Waals surface area contributed by atoms with Crippen LogP contribution in [-0.4, -0.2) is 29.6 Å². The van der Waals surface area contributed by atoms with E-state index in [2.05, 4.69) is 18.1 Å². The van der Waals surface area contributed by atoms with Crippen LogP contribution >= 0.6 is 30.3 Å². The van der Waals surface area contributed by atoms with Crippen molar-refractivity contribution < 1.29 is 9.09 Å². The van der Waals surface area contributed by atoms with Crippen molar-refractivity contribution in [2.24, 2.45) is 0 Å². The topological polar surface area (TPSA) is 29.5 Å². The third-order valence-electron chi connectivity index (χ3n) is 1.14. The Labute approximate surface area is 88.5 Å². The Kier molecular flexibility index (Phi) is 6.44. The van der Waals surface area contributed by atoms with Gasteiger partial charge in [-0.1, -0.05) is 18.1 Å². The third kappa shape index (κ3) is 4.15. The van der Waals surface area contributed by atoms with Gasteiger partial charge >= 0.3 is 6.72 Å². The quantitative estimate of drug-likeness (QED) is 0.402. The van der Waals surface area contributed by atoms with E-state index >= 15 is 0 Å². The van der Waals surface area contributed by atoms with Gasteiger partial charge in [0.05, 0.1) is 17.9 Å². The molecule has 0 saturated heterocycles. The van der Waals surface area contributed by atoms with Crippen LogP contribution in [0.2, 0.25) is 0 Å². The van der Waals surface area contributed by atoms with Crippen molar-refractivity contribution in [3.63, 3.8) is 0 Å². The first-order valence-electron chi connectivity index (χ1n) is 3.62. The summed E-state index contributed by atoms with van der Waals surface area (Å²) in [6, 6.07) is 0. The number of terminal acetylenes is 1. The molecule has 74 valence electrons. The zero-order valence-corrected chi connectivity index (χ0v) is 10.1. The SMILES string of the molecule is C#CCSP(=O)(OCC)N(C)C=S. The van der Waals surface area contributed by atoms with Crippen LogP contribution in [0.1, 0.15) is 6.92 Å². The summed E-state index contributed by atoms with van der Waals surface area (Å²) in [6.45, 7) is -0.724. The molecule has 1 atom stereocenters. The molecule has 0 aromatic heterocycles. The van der Waals surface area contributed by atoms with Gasteiger partial charge in [-0.3, -0.25) is 9.24 Å². The minimum absolute atomic E-state index is 0.352. The van der Waals surface area contributed by atoms with E-state index in [9.17, 15) is 4.57 Å². The summed E-state index contributed by atoms with van der Waals surface area (Å²) in [5, 5.41) is 0. The van der Waals surface area contributed by atoms with Crippen molar-refractivity contribution in [3.8, 4) is 12.3 Å². The minimum Gasteiger partial charge on any atom is -0.306 e. The lowest BCUT2D eigenvalue weighted by Gasteiger charge is -2.23. The molecule has 0 spiro atoms. The Morgan fingerprint density at radius 1 is 1.85 bits per heavy atom. The molecule has 0 bridgehead atoms. The maximum absolute atomic E-state index is 12.0. The lowest BCUT2D eigenvalue weighted by atomic mass is 10.8. The molecular weight excluding hydrogens is 225 g/mol. The first-order valence-corrected chi connectivity index (χ1v) is 7.26. The number of hydrogen-bond acceptors (Lipinski definition) is 4. The van der Waals surface area contributed by atoms with E-state index in [0.717, 1.165) is 11.4 Å². The largest absolute Gasteiger partial charge is 0.354 e. The molecule has 0 heterocycles. The fraction of sp³-hybridized carbons (Fsp3) is 0.571. The maximum Gasteiger partial charge on any atom is 0.354 e. The highest BCUT2D eigenvalue weighted by atomic mass is 32.7. The fourth-order valence-corrected chi connectivity index (χ4v) is 4.17. The predicted molar refractivity (Wildman–Crippen MR) is 61.9 cm³/mol. The van der Waals surface area contributed by atoms with Crippen LogP contribution in [0.3, 0.4) is 0 Å². The van der Waals surface area contributed by atoms with Crippen LogP contribution in [0, 0.1) is 12.3 Å². The monoisotopic (exact) mass is 237 g/mol. The molecule has 0 fully saturated rings. The van der Waals surface area contributed by atoms with Gasteiger partial charge < -0.3 is 4.52 Å². The summed E-state index contributed by atoms with van der Waals surface area (Å²) >= 11 is 5.78. The van der Waals surface area contributed by atoms with Gasteiger partial charge in [0.2, 0.25) is 0 Å². The molecular formula is C7H12NO2PS2. The highest BCUT2D eigenvalue weighted by Gasteiger charge is 2.26. The normalized spacial score (nSPS) is 14.2. The van der Waals surface area contributed by atoms with E-state index in [4.69, 9.17) is 10.9 Å². The first-order chi connectivity index (χ1) is 6.10. The molecule has 0 N–H and O–H groups in total. The van der Waals surface area contributed by atoms with Gasteiger partial charge in [0.1, 0.15) is 0 Å². The van der Waals surface area contributed by atoms with Crippen molar-refractivity contribution in [1.29, 1.82) is 0 Å². The second-order valence-corrected chi connectivity index (χ2v) is 6.79. The van der Waals surface area contributed by atoms with Crippen LogP contribution < -0.4 is 0 Å². The zero-order chi connectivity index (χ0) is 10.3. The van der Waals surface area contributed by atoms with Crippen molar-refractivity contribution in [2.45, 2.75) is 6.92 Å². The second-order valence-electron chi connectivity index (χ2n) is 2.04. The smallest absolute Gasteiger partial charge is 0.306 e. The summed E-state index contributed by atoms with van der Waals surface area (Å²) in [4.78, 5) is 0. The molecule has 1 unspecified atom stereocenters. The van der Waals surface area contributed by atoms with Gasteiger partial charge in [0.25, 0.3) is 0 Å². The summed E-state index contributed by atoms with van der Waals surface area (Å²) in [5.74, 6) is 2.75. The minimum atomic E-state index is -2.88. The molecule has 13 heavy (non-hydrogen) atoms. The molecule has 6 heteroatoms. The lowest BCUT2D eigenvalue weighted by Crippen LogP contribution is -2.11. The number of rotatable bonds is 6. The molecule has 3 nitrogen and oxygen atoms in total. The number of hydrogen-bond donors (Lipinski definition) is 0. The van der Waals surface area contributed by atoms with Crippen LogP contribution in [0.5, 0.6) is 0 Å². The lowest BCUT2D eigenvalue weighted by molar-refractivity contribution is 0.325. The first kappa shape index (κ1) is 13.0. The van der Waals surface area contributed by atoms with E-state index in [-0.39, 0.29) is 0 Å². The van der Waals surface area contributed by atoms with Gasteiger partial charge in [0, 0.05) is 7.05 Å². The Morgan fingerprint density at radius 3 is 2.85 bits per heavy atom. The standard InChI is InChI=1S/C7H12NO2PS2/c1-4-6-13-11(9,10-5-2)8(3)7-12/h1,7H,5-6H2,2-3H3. The Bertz CT molecular complexity index is 251. The molecule has 0 amide bonds. The highest BCUT2D eigenvalue weighted by molar-refractivity contribution is 8.56. The number of thiocarbonyl (C=S) groups is 1. The Hall–Kier alpha value is -0.0100. The van der Waals surface area contributed by atoms with Gasteiger partial charge in [-0.15, -0.1) is 6.42 Å². The van der Waals surface area contributed by atoms with E-state index in [1.54, 1.807) is 14.0 Å². The molecule has 0 aromatic rings. The van der Waals surface area contributed by atoms with Gasteiger partial charge in [-0.05, 0) is 18.3 Å². The summed E-state index contributed by atoms with van der Waals surface area (Å²) in [6.07, 6.45) is 5.07. The van der Waals surface area contributed by atoms with Crippen LogP contribution in [0.25, 0.3) is 0 Å². The molecule has 0 aliphatic carbocycles. The van der Waals surface area contributed by atoms with Crippen molar-refractivity contribution >= 4 is 35.8 Å².